The number of likely N-dealkylation sites (tertiary alicyclic amines) is 2. The molecule has 0 radical (unpaired) electrons. The first-order chi connectivity index (χ1) is 13.6. The second kappa shape index (κ2) is 7.91. The Bertz CT molecular complexity index is 540. The van der Waals surface area contributed by atoms with Crippen molar-refractivity contribution in [1.29, 1.82) is 0 Å². The van der Waals surface area contributed by atoms with Gasteiger partial charge in [0.1, 0.15) is 0 Å². The van der Waals surface area contributed by atoms with Crippen LogP contribution in [0.4, 0.5) is 0 Å². The molecule has 4 aliphatic carbocycles. The Labute approximate surface area is 171 Å². The number of piperidine rings is 2. The summed E-state index contributed by atoms with van der Waals surface area (Å²) in [5, 5.41) is 3.60. The lowest BCUT2D eigenvalue weighted by Gasteiger charge is -2.54. The molecule has 1 N–H and O–H groups in total. The van der Waals surface area contributed by atoms with E-state index in [-0.39, 0.29) is 5.92 Å². The third-order valence-corrected chi connectivity index (χ3v) is 9.11. The first-order valence-electron chi connectivity index (χ1n) is 12.3. The van der Waals surface area contributed by atoms with Crippen LogP contribution in [0.1, 0.15) is 71.6 Å². The lowest BCUT2D eigenvalue weighted by Crippen LogP contribution is -2.58. The number of amides is 1. The van der Waals surface area contributed by atoms with E-state index >= 15 is 0 Å². The number of rotatable bonds is 4. The molecule has 28 heavy (non-hydrogen) atoms. The lowest BCUT2D eigenvalue weighted by molar-refractivity contribution is -0.131. The highest BCUT2D eigenvalue weighted by Gasteiger charge is 2.49. The maximum atomic E-state index is 13.2. The van der Waals surface area contributed by atoms with E-state index in [1.807, 2.05) is 0 Å². The van der Waals surface area contributed by atoms with Crippen molar-refractivity contribution in [3.63, 3.8) is 0 Å². The predicted molar refractivity (Wildman–Crippen MR) is 113 cm³/mol. The molecule has 4 saturated carbocycles. The van der Waals surface area contributed by atoms with Crippen LogP contribution in [0.3, 0.4) is 0 Å². The molecule has 1 atom stereocenters. The molecule has 6 fully saturated rings. The van der Waals surface area contributed by atoms with Crippen LogP contribution in [0.15, 0.2) is 0 Å². The second-order valence-electron chi connectivity index (χ2n) is 11.2. The maximum absolute atomic E-state index is 13.2. The van der Waals surface area contributed by atoms with Gasteiger partial charge in [-0.25, -0.2) is 0 Å². The summed E-state index contributed by atoms with van der Waals surface area (Å²) in [4.78, 5) is 18.5. The van der Waals surface area contributed by atoms with E-state index in [0.29, 0.717) is 24.0 Å². The van der Waals surface area contributed by atoms with Crippen LogP contribution in [0.2, 0.25) is 0 Å². The summed E-state index contributed by atoms with van der Waals surface area (Å²) in [7, 11) is 0. The third-order valence-electron chi connectivity index (χ3n) is 9.11. The number of hydrogen-bond donors (Lipinski definition) is 1. The molecule has 2 saturated heterocycles. The Balaban J connectivity index is 1.15. The van der Waals surface area contributed by atoms with Crippen LogP contribution < -0.4 is 5.32 Å². The summed E-state index contributed by atoms with van der Waals surface area (Å²) in [6.45, 7) is 9.28. The fourth-order valence-electron chi connectivity index (χ4n) is 7.76. The average Bonchev–Trinajstić information content (AvgIpc) is 2.70. The van der Waals surface area contributed by atoms with Crippen LogP contribution in [-0.2, 0) is 4.79 Å². The minimum absolute atomic E-state index is 0.231. The van der Waals surface area contributed by atoms with Gasteiger partial charge in [-0.2, -0.15) is 0 Å². The van der Waals surface area contributed by atoms with Crippen LogP contribution >= 0.6 is 0 Å². The number of carbonyl (C=O) groups excluding carboxylic acids is 1. The van der Waals surface area contributed by atoms with Crippen LogP contribution in [-0.4, -0.2) is 60.0 Å². The van der Waals surface area contributed by atoms with E-state index < -0.39 is 0 Å². The highest BCUT2D eigenvalue weighted by Crippen LogP contribution is 2.53. The summed E-state index contributed by atoms with van der Waals surface area (Å²) < 4.78 is 0. The van der Waals surface area contributed by atoms with Crippen LogP contribution in [0.5, 0.6) is 0 Å². The van der Waals surface area contributed by atoms with Gasteiger partial charge in [-0.1, -0.05) is 0 Å². The minimum atomic E-state index is 0.231. The molecule has 2 heterocycles. The Kier molecular flexibility index (Phi) is 5.47. The van der Waals surface area contributed by atoms with Gasteiger partial charge in [0, 0.05) is 24.7 Å². The molecule has 6 aliphatic rings. The Hall–Kier alpha value is -0.610. The fourth-order valence-corrected chi connectivity index (χ4v) is 7.76. The molecule has 1 amide bonds. The molecule has 2 aliphatic heterocycles. The minimum Gasteiger partial charge on any atom is -0.353 e. The zero-order valence-electron chi connectivity index (χ0n) is 18.1. The van der Waals surface area contributed by atoms with Crippen molar-refractivity contribution in [2.45, 2.75) is 89.8 Å². The van der Waals surface area contributed by atoms with Crippen LogP contribution in [0, 0.1) is 29.6 Å². The molecule has 0 aromatic rings. The molecule has 4 nitrogen and oxygen atoms in total. The van der Waals surface area contributed by atoms with E-state index in [1.54, 1.807) is 0 Å². The van der Waals surface area contributed by atoms with Crippen molar-refractivity contribution in [3.8, 4) is 0 Å². The molecule has 0 aromatic carbocycles. The fraction of sp³-hybridized carbons (Fsp3) is 0.958. The largest absolute Gasteiger partial charge is 0.353 e. The number of carbonyl (C=O) groups is 1. The SMILES string of the molecule is CC(C)N1CCC(N2CCC[C@@H](C(=O)NC3C4CC5CC(C4)CC3C5)C2)CC1. The van der Waals surface area contributed by atoms with Gasteiger partial charge in [-0.3, -0.25) is 9.69 Å². The normalized spacial score (nSPS) is 42.2. The molecule has 4 bridgehead atoms. The Morgan fingerprint density at radius 1 is 0.893 bits per heavy atom. The highest BCUT2D eigenvalue weighted by molar-refractivity contribution is 5.79. The van der Waals surface area contributed by atoms with Gasteiger partial charge in [0.25, 0.3) is 0 Å². The zero-order valence-corrected chi connectivity index (χ0v) is 18.1. The maximum Gasteiger partial charge on any atom is 0.224 e. The van der Waals surface area contributed by atoms with Crippen molar-refractivity contribution >= 4 is 5.91 Å². The van der Waals surface area contributed by atoms with Gasteiger partial charge in [-0.05, 0) is 115 Å². The summed E-state index contributed by atoms with van der Waals surface area (Å²) >= 11 is 0. The van der Waals surface area contributed by atoms with Crippen molar-refractivity contribution in [2.24, 2.45) is 29.6 Å². The molecule has 4 heteroatoms. The topological polar surface area (TPSA) is 35.6 Å². The zero-order chi connectivity index (χ0) is 19.3. The molecule has 6 rings (SSSR count). The summed E-state index contributed by atoms with van der Waals surface area (Å²) in [5.74, 6) is 4.17. The van der Waals surface area contributed by atoms with E-state index in [0.717, 1.165) is 36.6 Å². The first-order valence-corrected chi connectivity index (χ1v) is 12.3. The van der Waals surface area contributed by atoms with Gasteiger partial charge in [-0.15, -0.1) is 0 Å². The van der Waals surface area contributed by atoms with Crippen molar-refractivity contribution in [3.05, 3.63) is 0 Å². The van der Waals surface area contributed by atoms with Gasteiger partial charge in [0.15, 0.2) is 0 Å². The van der Waals surface area contributed by atoms with Crippen molar-refractivity contribution in [1.82, 2.24) is 15.1 Å². The Morgan fingerprint density at radius 2 is 1.54 bits per heavy atom. The molecule has 0 spiro atoms. The number of hydrogen-bond acceptors (Lipinski definition) is 3. The molecule has 0 aromatic heterocycles. The number of nitrogens with zero attached hydrogens (tertiary/aromatic N) is 2. The van der Waals surface area contributed by atoms with Crippen LogP contribution in [0.25, 0.3) is 0 Å². The predicted octanol–water partition coefficient (Wildman–Crippen LogP) is 3.51. The van der Waals surface area contributed by atoms with Gasteiger partial charge < -0.3 is 10.2 Å². The monoisotopic (exact) mass is 387 g/mol. The third kappa shape index (κ3) is 3.76. The quantitative estimate of drug-likeness (QED) is 0.802. The second-order valence-corrected chi connectivity index (χ2v) is 11.2. The smallest absolute Gasteiger partial charge is 0.224 e. The lowest BCUT2D eigenvalue weighted by atomic mass is 9.54. The van der Waals surface area contributed by atoms with Crippen molar-refractivity contribution in [2.75, 3.05) is 26.2 Å². The van der Waals surface area contributed by atoms with E-state index in [1.165, 1.54) is 71.0 Å². The van der Waals surface area contributed by atoms with Gasteiger partial charge >= 0.3 is 0 Å². The summed E-state index contributed by atoms with van der Waals surface area (Å²) in [6.07, 6.45) is 11.9. The van der Waals surface area contributed by atoms with E-state index in [2.05, 4.69) is 29.0 Å². The summed E-state index contributed by atoms with van der Waals surface area (Å²) in [6, 6.07) is 1.87. The van der Waals surface area contributed by atoms with Crippen molar-refractivity contribution < 1.29 is 4.79 Å². The molecule has 158 valence electrons. The molecular formula is C24H41N3O. The molecule has 0 unspecified atom stereocenters. The van der Waals surface area contributed by atoms with Gasteiger partial charge in [0.2, 0.25) is 5.91 Å². The van der Waals surface area contributed by atoms with E-state index in [4.69, 9.17) is 0 Å². The highest BCUT2D eigenvalue weighted by atomic mass is 16.2. The Morgan fingerprint density at radius 3 is 2.14 bits per heavy atom. The number of nitrogens with one attached hydrogen (secondary N) is 1. The molecular weight excluding hydrogens is 346 g/mol. The van der Waals surface area contributed by atoms with Gasteiger partial charge in [0.05, 0.1) is 5.92 Å². The average molecular weight is 388 g/mol. The summed E-state index contributed by atoms with van der Waals surface area (Å²) in [5.41, 5.74) is 0. The van der Waals surface area contributed by atoms with E-state index in [9.17, 15) is 4.79 Å². The first kappa shape index (κ1) is 19.4. The standard InChI is InChI=1S/C24H41N3O/c1-16(2)26-8-5-22(6-9-26)27-7-3-4-19(15-27)24(28)25-23-20-11-17-10-18(13-20)14-21(23)12-17/h16-23H,3-15H2,1-2H3,(H,25,28)/t17?,18?,19-,20?,21?,23?/m1/s1.